The van der Waals surface area contributed by atoms with Crippen LogP contribution in [0.3, 0.4) is 0 Å². The maximum Gasteiger partial charge on any atom is 0.272 e. The number of hydrogen-bond acceptors (Lipinski definition) is 5. The topological polar surface area (TPSA) is 84.6 Å². The number of fused-ring (bicyclic) bond motifs is 1. The van der Waals surface area contributed by atoms with Crippen molar-refractivity contribution in [3.05, 3.63) is 76.4 Å². The Balaban J connectivity index is 1.80. The molecular formula is C16H11N3O3. The van der Waals surface area contributed by atoms with Crippen LogP contribution in [0.15, 0.2) is 69.4 Å². The van der Waals surface area contributed by atoms with Crippen LogP contribution in [-0.2, 0) is 0 Å². The summed E-state index contributed by atoms with van der Waals surface area (Å²) in [4.78, 5) is 27.8. The molecule has 0 aliphatic rings. The van der Waals surface area contributed by atoms with Gasteiger partial charge in [0, 0.05) is 12.4 Å². The van der Waals surface area contributed by atoms with E-state index in [0.717, 1.165) is 0 Å². The average Bonchev–Trinajstić information content (AvgIpc) is 2.58. The van der Waals surface area contributed by atoms with Crippen LogP contribution in [0.25, 0.3) is 11.0 Å². The third kappa shape index (κ3) is 2.76. The van der Waals surface area contributed by atoms with Gasteiger partial charge < -0.3 is 4.42 Å². The number of carbonyl (C=O) groups excluding carboxylic acids is 1. The predicted molar refractivity (Wildman–Crippen MR) is 81.8 cm³/mol. The van der Waals surface area contributed by atoms with Crippen LogP contribution in [0.2, 0.25) is 0 Å². The third-order valence-corrected chi connectivity index (χ3v) is 3.00. The molecule has 1 amide bonds. The number of aromatic nitrogens is 1. The maximum absolute atomic E-state index is 12.2. The number of benzene rings is 1. The van der Waals surface area contributed by atoms with Crippen molar-refractivity contribution < 1.29 is 9.21 Å². The van der Waals surface area contributed by atoms with Gasteiger partial charge >= 0.3 is 0 Å². The smallest absolute Gasteiger partial charge is 0.272 e. The highest BCUT2D eigenvalue weighted by molar-refractivity contribution is 5.94. The van der Waals surface area contributed by atoms with Crippen LogP contribution in [0.4, 0.5) is 0 Å². The molecule has 2 aromatic heterocycles. The molecule has 0 unspecified atom stereocenters. The number of amides is 1. The molecule has 0 bridgehead atoms. The van der Waals surface area contributed by atoms with Crippen molar-refractivity contribution in [2.45, 2.75) is 0 Å². The predicted octanol–water partition coefficient (Wildman–Crippen LogP) is 1.95. The zero-order chi connectivity index (χ0) is 15.4. The monoisotopic (exact) mass is 293 g/mol. The number of pyridine rings is 1. The van der Waals surface area contributed by atoms with Gasteiger partial charge in [-0.2, -0.15) is 5.10 Å². The molecule has 0 aliphatic heterocycles. The summed E-state index contributed by atoms with van der Waals surface area (Å²) in [5.41, 5.74) is 3.26. The fraction of sp³-hybridized carbons (Fsp3) is 0. The zero-order valence-electron chi connectivity index (χ0n) is 11.4. The van der Waals surface area contributed by atoms with Crippen LogP contribution in [-0.4, -0.2) is 17.1 Å². The van der Waals surface area contributed by atoms with E-state index in [1.165, 1.54) is 18.7 Å². The molecule has 6 heteroatoms. The molecule has 3 aromatic rings. The summed E-state index contributed by atoms with van der Waals surface area (Å²) in [5.74, 6) is -0.408. The molecule has 1 aromatic carbocycles. The molecule has 0 saturated carbocycles. The van der Waals surface area contributed by atoms with Gasteiger partial charge in [-0.1, -0.05) is 12.1 Å². The Morgan fingerprint density at radius 2 is 2.09 bits per heavy atom. The van der Waals surface area contributed by atoms with Gasteiger partial charge in [0.1, 0.15) is 11.8 Å². The van der Waals surface area contributed by atoms with Gasteiger partial charge in [-0.3, -0.25) is 14.6 Å². The van der Waals surface area contributed by atoms with Gasteiger partial charge in [-0.25, -0.2) is 5.43 Å². The van der Waals surface area contributed by atoms with E-state index in [4.69, 9.17) is 4.42 Å². The van der Waals surface area contributed by atoms with Crippen molar-refractivity contribution in [1.29, 1.82) is 0 Å². The van der Waals surface area contributed by atoms with Crippen LogP contribution in [0.5, 0.6) is 0 Å². The highest BCUT2D eigenvalue weighted by Gasteiger charge is 2.05. The van der Waals surface area contributed by atoms with Crippen molar-refractivity contribution in [3.63, 3.8) is 0 Å². The summed E-state index contributed by atoms with van der Waals surface area (Å²) in [6.07, 6.45) is 5.56. The Morgan fingerprint density at radius 3 is 2.91 bits per heavy atom. The first kappa shape index (κ1) is 13.7. The number of hydrazone groups is 1. The lowest BCUT2D eigenvalue weighted by molar-refractivity contribution is 0.0955. The van der Waals surface area contributed by atoms with Crippen molar-refractivity contribution in [3.8, 4) is 0 Å². The second kappa shape index (κ2) is 6.01. The first-order valence-electron chi connectivity index (χ1n) is 6.49. The largest absolute Gasteiger partial charge is 0.463 e. The zero-order valence-corrected chi connectivity index (χ0v) is 11.4. The highest BCUT2D eigenvalue weighted by atomic mass is 16.3. The molecule has 0 fully saturated rings. The van der Waals surface area contributed by atoms with E-state index >= 15 is 0 Å². The minimum absolute atomic E-state index is 0.207. The molecule has 0 aliphatic carbocycles. The van der Waals surface area contributed by atoms with Gasteiger partial charge in [0.15, 0.2) is 0 Å². The molecule has 22 heavy (non-hydrogen) atoms. The lowest BCUT2D eigenvalue weighted by atomic mass is 10.2. The van der Waals surface area contributed by atoms with E-state index in [0.29, 0.717) is 16.5 Å². The molecular weight excluding hydrogens is 282 g/mol. The summed E-state index contributed by atoms with van der Waals surface area (Å²) in [5, 5.41) is 4.24. The van der Waals surface area contributed by atoms with Gasteiger partial charge in [0.2, 0.25) is 5.43 Å². The minimum atomic E-state index is -0.408. The van der Waals surface area contributed by atoms with E-state index in [2.05, 4.69) is 15.5 Å². The van der Waals surface area contributed by atoms with Gasteiger partial charge in [0.25, 0.3) is 5.91 Å². The molecule has 0 atom stereocenters. The Hall–Kier alpha value is -3.28. The summed E-state index contributed by atoms with van der Waals surface area (Å²) < 4.78 is 5.35. The standard InChI is InChI=1S/C16H11N3O3/c20-15-12(10-22-14-6-2-1-5-13(14)15)9-18-19-16(21)11-4-3-7-17-8-11/h1-10H,(H,19,21)/b18-9-. The number of carbonyl (C=O) groups is 1. The van der Waals surface area contributed by atoms with E-state index in [-0.39, 0.29) is 11.0 Å². The lowest BCUT2D eigenvalue weighted by Crippen LogP contribution is -2.18. The van der Waals surface area contributed by atoms with E-state index < -0.39 is 5.91 Å². The van der Waals surface area contributed by atoms with Crippen molar-refractivity contribution >= 4 is 23.1 Å². The van der Waals surface area contributed by atoms with Gasteiger partial charge in [0.05, 0.1) is 22.7 Å². The summed E-state index contributed by atoms with van der Waals surface area (Å²) in [7, 11) is 0. The van der Waals surface area contributed by atoms with Gasteiger partial charge in [-0.05, 0) is 24.3 Å². The van der Waals surface area contributed by atoms with Gasteiger partial charge in [-0.15, -0.1) is 0 Å². The molecule has 3 rings (SSSR count). The highest BCUT2D eigenvalue weighted by Crippen LogP contribution is 2.09. The van der Waals surface area contributed by atoms with Crippen LogP contribution in [0.1, 0.15) is 15.9 Å². The Labute approximate surface area is 125 Å². The minimum Gasteiger partial charge on any atom is -0.463 e. The fourth-order valence-corrected chi connectivity index (χ4v) is 1.90. The molecule has 0 spiro atoms. The summed E-state index contributed by atoms with van der Waals surface area (Å²) >= 11 is 0. The number of nitrogens with one attached hydrogen (secondary N) is 1. The fourth-order valence-electron chi connectivity index (χ4n) is 1.90. The normalized spacial score (nSPS) is 10.9. The number of hydrogen-bond donors (Lipinski definition) is 1. The number of rotatable bonds is 3. The second-order valence-electron chi connectivity index (χ2n) is 4.46. The van der Waals surface area contributed by atoms with E-state index in [9.17, 15) is 9.59 Å². The Bertz CT molecular complexity index is 901. The van der Waals surface area contributed by atoms with Crippen molar-refractivity contribution in [2.24, 2.45) is 5.10 Å². The number of para-hydroxylation sites is 1. The molecule has 0 radical (unpaired) electrons. The van der Waals surface area contributed by atoms with Crippen LogP contribution >= 0.6 is 0 Å². The SMILES string of the molecule is O=C(N/N=C\c1coc2ccccc2c1=O)c1cccnc1. The first-order chi connectivity index (χ1) is 10.8. The Kier molecular flexibility index (Phi) is 3.74. The van der Waals surface area contributed by atoms with E-state index in [1.54, 1.807) is 42.6 Å². The van der Waals surface area contributed by atoms with Crippen molar-refractivity contribution in [2.75, 3.05) is 0 Å². The summed E-state index contributed by atoms with van der Waals surface area (Å²) in [6, 6.07) is 10.2. The van der Waals surface area contributed by atoms with Crippen LogP contribution < -0.4 is 10.9 Å². The molecule has 6 nitrogen and oxygen atoms in total. The quantitative estimate of drug-likeness (QED) is 0.591. The maximum atomic E-state index is 12.2. The average molecular weight is 293 g/mol. The molecule has 1 N–H and O–H groups in total. The first-order valence-corrected chi connectivity index (χ1v) is 6.49. The second-order valence-corrected chi connectivity index (χ2v) is 4.46. The lowest BCUT2D eigenvalue weighted by Gasteiger charge is -1.99. The summed E-state index contributed by atoms with van der Waals surface area (Å²) in [6.45, 7) is 0. The Morgan fingerprint density at radius 1 is 1.23 bits per heavy atom. The van der Waals surface area contributed by atoms with E-state index in [1.807, 2.05) is 0 Å². The molecule has 0 saturated heterocycles. The van der Waals surface area contributed by atoms with Crippen LogP contribution in [0, 0.1) is 0 Å². The molecule has 108 valence electrons. The molecule has 2 heterocycles. The van der Waals surface area contributed by atoms with Crippen molar-refractivity contribution in [1.82, 2.24) is 10.4 Å². The number of nitrogens with zero attached hydrogens (tertiary/aromatic N) is 2. The third-order valence-electron chi connectivity index (χ3n) is 3.00.